The molecule has 0 aromatic heterocycles. The second-order valence-electron chi connectivity index (χ2n) is 4.41. The maximum atomic E-state index is 9.06. The molecule has 3 nitrogen and oxygen atoms in total. The van der Waals surface area contributed by atoms with Crippen molar-refractivity contribution in [3.63, 3.8) is 0 Å². The van der Waals surface area contributed by atoms with Crippen LogP contribution in [0.5, 0.6) is 5.75 Å². The summed E-state index contributed by atoms with van der Waals surface area (Å²) in [5.41, 5.74) is 1.42. The van der Waals surface area contributed by atoms with Gasteiger partial charge in [-0.1, -0.05) is 18.2 Å². The molecular formula is C13H17BO3. The van der Waals surface area contributed by atoms with E-state index in [2.05, 4.69) is 12.2 Å². The lowest BCUT2D eigenvalue weighted by Crippen LogP contribution is -2.30. The van der Waals surface area contributed by atoms with E-state index in [0.717, 1.165) is 30.6 Å². The number of allylic oxidation sites excluding steroid dienone is 1. The first-order valence-corrected chi connectivity index (χ1v) is 5.97. The molecule has 17 heavy (non-hydrogen) atoms. The van der Waals surface area contributed by atoms with Crippen molar-refractivity contribution in [2.45, 2.75) is 32.3 Å². The fraction of sp³-hybridized carbons (Fsp3) is 0.385. The van der Waals surface area contributed by atoms with E-state index in [1.54, 1.807) is 18.2 Å². The highest BCUT2D eigenvalue weighted by Crippen LogP contribution is 2.21. The Morgan fingerprint density at radius 2 is 2.18 bits per heavy atom. The highest BCUT2D eigenvalue weighted by Gasteiger charge is 2.14. The Kier molecular flexibility index (Phi) is 3.87. The van der Waals surface area contributed by atoms with Gasteiger partial charge in [-0.05, 0) is 49.4 Å². The van der Waals surface area contributed by atoms with E-state index in [1.807, 2.05) is 6.92 Å². The smallest absolute Gasteiger partial charge is 0.486 e. The third-order valence-electron chi connectivity index (χ3n) is 2.99. The van der Waals surface area contributed by atoms with Crippen molar-refractivity contribution in [3.05, 3.63) is 35.9 Å². The average Bonchev–Trinajstić information content (AvgIpc) is 2.33. The van der Waals surface area contributed by atoms with Crippen molar-refractivity contribution < 1.29 is 14.8 Å². The number of hydrogen-bond donors (Lipinski definition) is 2. The lowest BCUT2D eigenvalue weighted by molar-refractivity contribution is 0.228. The van der Waals surface area contributed by atoms with Crippen LogP contribution in [0.25, 0.3) is 0 Å². The summed E-state index contributed by atoms with van der Waals surface area (Å²) in [6, 6.07) is 5.22. The normalized spacial score (nSPS) is 19.1. The van der Waals surface area contributed by atoms with Crippen molar-refractivity contribution in [1.82, 2.24) is 0 Å². The van der Waals surface area contributed by atoms with Crippen LogP contribution < -0.4 is 10.2 Å². The molecule has 1 aliphatic carbocycles. The molecule has 0 heterocycles. The van der Waals surface area contributed by atoms with Gasteiger partial charge in [-0.3, -0.25) is 0 Å². The molecule has 0 bridgehead atoms. The summed E-state index contributed by atoms with van der Waals surface area (Å²) in [5.74, 6) is 0.811. The fourth-order valence-corrected chi connectivity index (χ4v) is 2.01. The highest BCUT2D eigenvalue weighted by molar-refractivity contribution is 6.58. The molecular weight excluding hydrogens is 215 g/mol. The van der Waals surface area contributed by atoms with E-state index in [4.69, 9.17) is 14.8 Å². The third kappa shape index (κ3) is 3.11. The summed E-state index contributed by atoms with van der Waals surface area (Å²) < 4.78 is 5.87. The molecule has 0 radical (unpaired) electrons. The Labute approximate surface area is 102 Å². The molecule has 0 spiro atoms. The van der Waals surface area contributed by atoms with Gasteiger partial charge in [-0.15, -0.1) is 0 Å². The Balaban J connectivity index is 2.10. The van der Waals surface area contributed by atoms with Crippen molar-refractivity contribution >= 4 is 12.6 Å². The largest absolute Gasteiger partial charge is 0.488 e. The summed E-state index contributed by atoms with van der Waals surface area (Å²) in [7, 11) is -1.42. The average molecular weight is 232 g/mol. The topological polar surface area (TPSA) is 49.7 Å². The van der Waals surface area contributed by atoms with Crippen LogP contribution in [0.1, 0.15) is 24.8 Å². The zero-order valence-electron chi connectivity index (χ0n) is 9.97. The third-order valence-corrected chi connectivity index (χ3v) is 2.99. The summed E-state index contributed by atoms with van der Waals surface area (Å²) in [6.45, 7) is 1.91. The first-order valence-electron chi connectivity index (χ1n) is 5.97. The molecule has 1 unspecified atom stereocenters. The molecule has 1 aromatic rings. The van der Waals surface area contributed by atoms with E-state index >= 15 is 0 Å². The van der Waals surface area contributed by atoms with Crippen LogP contribution in [0.3, 0.4) is 0 Å². The fourth-order valence-electron chi connectivity index (χ4n) is 2.01. The van der Waals surface area contributed by atoms with E-state index in [-0.39, 0.29) is 6.10 Å². The first-order chi connectivity index (χ1) is 8.16. The van der Waals surface area contributed by atoms with E-state index in [0.29, 0.717) is 5.46 Å². The minimum absolute atomic E-state index is 0.146. The number of hydrogen-bond acceptors (Lipinski definition) is 3. The van der Waals surface area contributed by atoms with Gasteiger partial charge in [0.25, 0.3) is 0 Å². The SMILES string of the molecule is Cc1cc(B(O)O)ccc1OC1C=CCCC1. The molecule has 1 aliphatic rings. The summed E-state index contributed by atoms with van der Waals surface area (Å²) in [4.78, 5) is 0. The van der Waals surface area contributed by atoms with Gasteiger partial charge < -0.3 is 14.8 Å². The van der Waals surface area contributed by atoms with Gasteiger partial charge in [0.1, 0.15) is 11.9 Å². The predicted octanol–water partition coefficient (Wildman–Crippen LogP) is 1.16. The van der Waals surface area contributed by atoms with Crippen molar-refractivity contribution in [3.8, 4) is 5.75 Å². The van der Waals surface area contributed by atoms with Crippen LogP contribution >= 0.6 is 0 Å². The van der Waals surface area contributed by atoms with Gasteiger partial charge >= 0.3 is 7.12 Å². The lowest BCUT2D eigenvalue weighted by atomic mass is 9.79. The molecule has 1 aromatic carbocycles. The number of rotatable bonds is 3. The Morgan fingerprint density at radius 1 is 1.35 bits per heavy atom. The molecule has 0 amide bonds. The van der Waals surface area contributed by atoms with Crippen molar-refractivity contribution in [1.29, 1.82) is 0 Å². The molecule has 0 saturated heterocycles. The van der Waals surface area contributed by atoms with Crippen molar-refractivity contribution in [2.75, 3.05) is 0 Å². The molecule has 0 fully saturated rings. The summed E-state index contributed by atoms with van der Waals surface area (Å²) in [6.07, 6.45) is 7.72. The Hall–Kier alpha value is -1.26. The predicted molar refractivity (Wildman–Crippen MR) is 68.4 cm³/mol. The van der Waals surface area contributed by atoms with Crippen molar-refractivity contribution in [2.24, 2.45) is 0 Å². The number of aryl methyl sites for hydroxylation is 1. The molecule has 2 rings (SSSR count). The minimum Gasteiger partial charge on any atom is -0.486 e. The molecule has 90 valence electrons. The highest BCUT2D eigenvalue weighted by atomic mass is 16.5. The van der Waals surface area contributed by atoms with Gasteiger partial charge in [0.2, 0.25) is 0 Å². The Morgan fingerprint density at radius 3 is 2.76 bits per heavy atom. The van der Waals surface area contributed by atoms with Gasteiger partial charge in [-0.25, -0.2) is 0 Å². The summed E-state index contributed by atoms with van der Waals surface area (Å²) >= 11 is 0. The van der Waals surface area contributed by atoms with E-state index in [1.165, 1.54) is 0 Å². The number of ether oxygens (including phenoxy) is 1. The Bertz CT molecular complexity index is 415. The van der Waals surface area contributed by atoms with Crippen LogP contribution in [-0.2, 0) is 0 Å². The van der Waals surface area contributed by atoms with E-state index in [9.17, 15) is 0 Å². The minimum atomic E-state index is -1.42. The zero-order valence-corrected chi connectivity index (χ0v) is 9.97. The van der Waals surface area contributed by atoms with Gasteiger partial charge in [-0.2, -0.15) is 0 Å². The quantitative estimate of drug-likeness (QED) is 0.607. The van der Waals surface area contributed by atoms with Gasteiger partial charge in [0.15, 0.2) is 0 Å². The molecule has 0 saturated carbocycles. The maximum absolute atomic E-state index is 9.06. The number of benzene rings is 1. The molecule has 4 heteroatoms. The van der Waals surface area contributed by atoms with Crippen LogP contribution in [0.4, 0.5) is 0 Å². The van der Waals surface area contributed by atoms with Crippen LogP contribution in [0.15, 0.2) is 30.4 Å². The zero-order chi connectivity index (χ0) is 12.3. The van der Waals surface area contributed by atoms with Crippen LogP contribution in [-0.4, -0.2) is 23.3 Å². The second kappa shape index (κ2) is 5.38. The summed E-state index contributed by atoms with van der Waals surface area (Å²) in [5, 5.41) is 18.1. The second-order valence-corrected chi connectivity index (χ2v) is 4.41. The van der Waals surface area contributed by atoms with Gasteiger partial charge in [0, 0.05) is 0 Å². The maximum Gasteiger partial charge on any atom is 0.488 e. The monoisotopic (exact) mass is 232 g/mol. The van der Waals surface area contributed by atoms with E-state index < -0.39 is 7.12 Å². The molecule has 0 aliphatic heterocycles. The molecule has 2 N–H and O–H groups in total. The van der Waals surface area contributed by atoms with Gasteiger partial charge in [0.05, 0.1) is 0 Å². The molecule has 1 atom stereocenters. The lowest BCUT2D eigenvalue weighted by Gasteiger charge is -2.20. The first kappa shape index (κ1) is 12.2. The van der Waals surface area contributed by atoms with Crippen LogP contribution in [0, 0.1) is 6.92 Å². The van der Waals surface area contributed by atoms with Crippen LogP contribution in [0.2, 0.25) is 0 Å². The standard InChI is InChI=1S/C13H17BO3/c1-10-9-11(14(15)16)7-8-13(10)17-12-5-3-2-4-6-12/h3,5,7-9,12,15-16H,2,4,6H2,1H3.